The second kappa shape index (κ2) is 7.65. The number of likely N-dealkylation sites (N-methyl/N-ethyl adjacent to an activating group) is 2. The largest absolute Gasteiger partial charge is 0.449 e. The van der Waals surface area contributed by atoms with Crippen LogP contribution in [0, 0.1) is 0 Å². The average molecular weight is 351 g/mol. The van der Waals surface area contributed by atoms with Gasteiger partial charge in [0.25, 0.3) is 0 Å². The summed E-state index contributed by atoms with van der Waals surface area (Å²) >= 11 is 0. The quantitative estimate of drug-likeness (QED) is 0.899. The van der Waals surface area contributed by atoms with Crippen LogP contribution >= 0.6 is 12.4 Å². The third-order valence-corrected chi connectivity index (χ3v) is 3.32. The Balaban J connectivity index is 0.00000264. The monoisotopic (exact) mass is 350 g/mol. The third-order valence-electron chi connectivity index (χ3n) is 3.32. The van der Waals surface area contributed by atoms with Gasteiger partial charge >= 0.3 is 6.18 Å². The van der Waals surface area contributed by atoms with E-state index in [0.717, 1.165) is 4.57 Å². The van der Waals surface area contributed by atoms with Gasteiger partial charge in [0.1, 0.15) is 6.54 Å². The Bertz CT molecular complexity index is 672. The van der Waals surface area contributed by atoms with Crippen molar-refractivity contribution in [1.82, 2.24) is 19.8 Å². The minimum absolute atomic E-state index is 0. The summed E-state index contributed by atoms with van der Waals surface area (Å²) in [6, 6.07) is 6.26. The van der Waals surface area contributed by atoms with E-state index in [-0.39, 0.29) is 17.9 Å². The summed E-state index contributed by atoms with van der Waals surface area (Å²) in [6.07, 6.45) is -4.61. The van der Waals surface area contributed by atoms with Crippen LogP contribution < -0.4 is 5.32 Å². The van der Waals surface area contributed by atoms with E-state index in [1.54, 1.807) is 26.2 Å². The predicted octanol–water partition coefficient (Wildman–Crippen LogP) is 2.15. The summed E-state index contributed by atoms with van der Waals surface area (Å²) in [5.41, 5.74) is 0.519. The highest BCUT2D eigenvalue weighted by Crippen LogP contribution is 2.31. The van der Waals surface area contributed by atoms with Crippen LogP contribution in [0.5, 0.6) is 0 Å². The van der Waals surface area contributed by atoms with Gasteiger partial charge in [-0.05, 0) is 19.2 Å². The summed E-state index contributed by atoms with van der Waals surface area (Å²) in [5.74, 6) is -1.45. The van der Waals surface area contributed by atoms with Crippen molar-refractivity contribution in [3.8, 4) is 0 Å². The number of aromatic nitrogens is 2. The summed E-state index contributed by atoms with van der Waals surface area (Å²) in [6.45, 7) is 0.595. The first-order valence-corrected chi connectivity index (χ1v) is 6.75. The van der Waals surface area contributed by atoms with Crippen LogP contribution in [-0.2, 0) is 17.5 Å². The van der Waals surface area contributed by atoms with Gasteiger partial charge in [-0.15, -0.1) is 12.4 Å². The third kappa shape index (κ3) is 4.35. The Morgan fingerprint density at radius 2 is 2.00 bits per heavy atom. The van der Waals surface area contributed by atoms with Gasteiger partial charge in [0.15, 0.2) is 0 Å². The molecule has 0 saturated carbocycles. The fraction of sp³-hybridized carbons (Fsp3) is 0.429. The summed E-state index contributed by atoms with van der Waals surface area (Å²) < 4.78 is 40.3. The topological polar surface area (TPSA) is 50.2 Å². The number of nitrogens with one attached hydrogen (secondary N) is 1. The maximum absolute atomic E-state index is 13.1. The summed E-state index contributed by atoms with van der Waals surface area (Å²) in [7, 11) is 3.30. The average Bonchev–Trinajstić information content (AvgIpc) is 2.83. The molecule has 0 radical (unpaired) electrons. The Kier molecular flexibility index (Phi) is 6.40. The predicted molar refractivity (Wildman–Crippen MR) is 83.5 cm³/mol. The molecule has 1 heterocycles. The molecule has 1 aromatic heterocycles. The number of fused-ring (bicyclic) bond motifs is 1. The first kappa shape index (κ1) is 19.2. The molecular formula is C14H18ClF3N4O. The molecule has 2 aromatic rings. The fourth-order valence-electron chi connectivity index (χ4n) is 2.11. The molecule has 0 spiro atoms. The fourth-order valence-corrected chi connectivity index (χ4v) is 2.11. The molecule has 23 heavy (non-hydrogen) atoms. The number of halogens is 4. The second-order valence-electron chi connectivity index (χ2n) is 4.93. The van der Waals surface area contributed by atoms with E-state index in [1.807, 2.05) is 0 Å². The Morgan fingerprint density at radius 3 is 2.61 bits per heavy atom. The molecule has 0 aliphatic carbocycles. The first-order valence-electron chi connectivity index (χ1n) is 6.75. The van der Waals surface area contributed by atoms with Gasteiger partial charge in [0.05, 0.1) is 11.0 Å². The second-order valence-corrected chi connectivity index (χ2v) is 4.93. The van der Waals surface area contributed by atoms with Crippen molar-refractivity contribution in [2.75, 3.05) is 27.2 Å². The standard InChI is InChI=1S/C14H17F3N4O.ClH/c1-18-7-8-20(2)12(22)9-21-11-6-4-3-5-10(11)19-13(21)14(15,16)17;/h3-6,18H,7-9H2,1-2H3;1H. The van der Waals surface area contributed by atoms with Crippen molar-refractivity contribution in [1.29, 1.82) is 0 Å². The van der Waals surface area contributed by atoms with Gasteiger partial charge < -0.3 is 14.8 Å². The first-order chi connectivity index (χ1) is 10.3. The Hall–Kier alpha value is -1.80. The van der Waals surface area contributed by atoms with Gasteiger partial charge in [0.2, 0.25) is 11.7 Å². The molecule has 0 saturated heterocycles. The summed E-state index contributed by atoms with van der Waals surface area (Å²) in [5, 5.41) is 2.88. The zero-order valence-corrected chi connectivity index (χ0v) is 13.5. The number of rotatable bonds is 5. The smallest absolute Gasteiger partial charge is 0.343 e. The SMILES string of the molecule is CNCCN(C)C(=O)Cn1c(C(F)(F)F)nc2ccccc21.Cl. The maximum atomic E-state index is 13.1. The van der Waals surface area contributed by atoms with Gasteiger partial charge in [-0.2, -0.15) is 13.2 Å². The molecule has 2 rings (SSSR count). The number of carbonyl (C=O) groups is 1. The van der Waals surface area contributed by atoms with Gasteiger partial charge in [-0.3, -0.25) is 4.79 Å². The molecule has 128 valence electrons. The highest BCUT2D eigenvalue weighted by Gasteiger charge is 2.38. The minimum atomic E-state index is -4.61. The molecule has 0 atom stereocenters. The van der Waals surface area contributed by atoms with E-state index in [1.165, 1.54) is 17.0 Å². The van der Waals surface area contributed by atoms with E-state index in [9.17, 15) is 18.0 Å². The van der Waals surface area contributed by atoms with Crippen LogP contribution in [0.2, 0.25) is 0 Å². The van der Waals surface area contributed by atoms with Crippen molar-refractivity contribution in [3.05, 3.63) is 30.1 Å². The van der Waals surface area contributed by atoms with Crippen LogP contribution in [0.3, 0.4) is 0 Å². The van der Waals surface area contributed by atoms with Crippen LogP contribution in [0.1, 0.15) is 5.82 Å². The molecule has 0 aliphatic heterocycles. The molecule has 0 unspecified atom stereocenters. The number of alkyl halides is 3. The number of hydrogen-bond acceptors (Lipinski definition) is 3. The normalized spacial score (nSPS) is 11.3. The number of nitrogens with zero attached hydrogens (tertiary/aromatic N) is 3. The van der Waals surface area contributed by atoms with Crippen molar-refractivity contribution in [2.24, 2.45) is 0 Å². The van der Waals surface area contributed by atoms with E-state index in [0.29, 0.717) is 18.6 Å². The molecule has 1 amide bonds. The number of carbonyl (C=O) groups excluding carboxylic acids is 1. The lowest BCUT2D eigenvalue weighted by molar-refractivity contribution is -0.148. The molecular weight excluding hydrogens is 333 g/mol. The maximum Gasteiger partial charge on any atom is 0.449 e. The minimum Gasteiger partial charge on any atom is -0.343 e. The highest BCUT2D eigenvalue weighted by molar-refractivity contribution is 5.85. The van der Waals surface area contributed by atoms with Gasteiger partial charge in [-0.1, -0.05) is 12.1 Å². The van der Waals surface area contributed by atoms with E-state index >= 15 is 0 Å². The number of para-hydroxylation sites is 2. The van der Waals surface area contributed by atoms with Crippen LogP contribution in [-0.4, -0.2) is 47.5 Å². The molecule has 9 heteroatoms. The van der Waals surface area contributed by atoms with Gasteiger partial charge in [-0.25, -0.2) is 4.98 Å². The lowest BCUT2D eigenvalue weighted by atomic mass is 10.3. The van der Waals surface area contributed by atoms with Crippen LogP contribution in [0.4, 0.5) is 13.2 Å². The lowest BCUT2D eigenvalue weighted by Crippen LogP contribution is -2.35. The van der Waals surface area contributed by atoms with Crippen molar-refractivity contribution < 1.29 is 18.0 Å². The van der Waals surface area contributed by atoms with Crippen LogP contribution in [0.15, 0.2) is 24.3 Å². The molecule has 0 bridgehead atoms. The lowest BCUT2D eigenvalue weighted by Gasteiger charge is -2.18. The number of hydrogen-bond donors (Lipinski definition) is 1. The highest BCUT2D eigenvalue weighted by atomic mass is 35.5. The molecule has 0 fully saturated rings. The van der Waals surface area contributed by atoms with Gasteiger partial charge in [0, 0.05) is 20.1 Å². The zero-order valence-electron chi connectivity index (χ0n) is 12.7. The molecule has 0 aliphatic rings. The number of imidazole rings is 1. The Labute approximate surface area is 137 Å². The van der Waals surface area contributed by atoms with Crippen molar-refractivity contribution >= 4 is 29.3 Å². The Morgan fingerprint density at radius 1 is 1.35 bits per heavy atom. The van der Waals surface area contributed by atoms with E-state index in [4.69, 9.17) is 0 Å². The number of benzene rings is 1. The number of amides is 1. The molecule has 1 N–H and O–H groups in total. The zero-order chi connectivity index (χ0) is 16.3. The van der Waals surface area contributed by atoms with E-state index < -0.39 is 24.5 Å². The van der Waals surface area contributed by atoms with Crippen molar-refractivity contribution in [3.63, 3.8) is 0 Å². The van der Waals surface area contributed by atoms with Crippen LogP contribution in [0.25, 0.3) is 11.0 Å². The summed E-state index contributed by atoms with van der Waals surface area (Å²) in [4.78, 5) is 17.1. The molecule has 5 nitrogen and oxygen atoms in total. The van der Waals surface area contributed by atoms with Crippen molar-refractivity contribution in [2.45, 2.75) is 12.7 Å². The molecule has 1 aromatic carbocycles. The van der Waals surface area contributed by atoms with E-state index in [2.05, 4.69) is 10.3 Å².